The molecule has 0 unspecified atom stereocenters. The predicted octanol–water partition coefficient (Wildman–Crippen LogP) is 2.13. The fourth-order valence-electron chi connectivity index (χ4n) is 4.37. The molecular formula is C21H26N6O3S2. The van der Waals surface area contributed by atoms with Gasteiger partial charge in [-0.05, 0) is 31.2 Å². The Balaban J connectivity index is 1.14. The van der Waals surface area contributed by atoms with Crippen LogP contribution in [0.1, 0.15) is 40.8 Å². The van der Waals surface area contributed by atoms with Crippen molar-refractivity contribution in [2.45, 2.75) is 44.9 Å². The first kappa shape index (κ1) is 21.6. The van der Waals surface area contributed by atoms with Gasteiger partial charge in [-0.25, -0.2) is 4.98 Å². The van der Waals surface area contributed by atoms with Crippen LogP contribution in [-0.4, -0.2) is 67.7 Å². The van der Waals surface area contributed by atoms with E-state index in [0.29, 0.717) is 48.7 Å². The summed E-state index contributed by atoms with van der Waals surface area (Å²) in [5.74, 6) is 2.98. The summed E-state index contributed by atoms with van der Waals surface area (Å²) in [5, 5.41) is 4.65. The number of thiophene rings is 1. The molecule has 0 spiro atoms. The Morgan fingerprint density at radius 2 is 2.00 bits per heavy atom. The van der Waals surface area contributed by atoms with Crippen molar-refractivity contribution in [2.24, 2.45) is 0 Å². The molecule has 3 aromatic heterocycles. The maximum Gasteiger partial charge on any atom is 0.259 e. The lowest BCUT2D eigenvalue weighted by molar-refractivity contribution is -0.130. The van der Waals surface area contributed by atoms with Gasteiger partial charge in [0.15, 0.2) is 5.82 Å². The SMILES string of the molecule is Cc1nc(CSCC(=O)N2CCN(Cc3nc4sc5c(c4c(=O)[nH]3)CCCC5)CC2)no1. The van der Waals surface area contributed by atoms with Crippen molar-refractivity contribution in [3.63, 3.8) is 0 Å². The molecular weight excluding hydrogens is 448 g/mol. The Morgan fingerprint density at radius 1 is 1.19 bits per heavy atom. The molecule has 4 heterocycles. The molecule has 1 aliphatic carbocycles. The summed E-state index contributed by atoms with van der Waals surface area (Å²) in [6.07, 6.45) is 4.40. The summed E-state index contributed by atoms with van der Waals surface area (Å²) in [5.41, 5.74) is 1.21. The summed E-state index contributed by atoms with van der Waals surface area (Å²) in [6, 6.07) is 0. The fraction of sp³-hybridized carbons (Fsp3) is 0.571. The van der Waals surface area contributed by atoms with Gasteiger partial charge in [0.1, 0.15) is 10.7 Å². The summed E-state index contributed by atoms with van der Waals surface area (Å²) in [7, 11) is 0. The normalized spacial score (nSPS) is 17.1. The summed E-state index contributed by atoms with van der Waals surface area (Å²) in [4.78, 5) is 43.5. The van der Waals surface area contributed by atoms with Gasteiger partial charge in [0.05, 0.1) is 23.4 Å². The van der Waals surface area contributed by atoms with Crippen LogP contribution in [0.2, 0.25) is 0 Å². The third-order valence-corrected chi connectivity index (χ3v) is 8.10. The van der Waals surface area contributed by atoms with Gasteiger partial charge in [-0.1, -0.05) is 5.16 Å². The van der Waals surface area contributed by atoms with Crippen LogP contribution < -0.4 is 5.56 Å². The van der Waals surface area contributed by atoms with E-state index in [0.717, 1.165) is 42.6 Å². The molecule has 1 amide bonds. The Morgan fingerprint density at radius 3 is 2.78 bits per heavy atom. The number of hydrogen-bond acceptors (Lipinski definition) is 9. The number of aromatic nitrogens is 4. The fourth-order valence-corrected chi connectivity index (χ4v) is 6.41. The molecule has 170 valence electrons. The van der Waals surface area contributed by atoms with Gasteiger partial charge >= 0.3 is 0 Å². The van der Waals surface area contributed by atoms with Crippen molar-refractivity contribution in [2.75, 3.05) is 31.9 Å². The number of aryl methyl sites for hydroxylation is 3. The van der Waals surface area contributed by atoms with Crippen LogP contribution in [-0.2, 0) is 29.9 Å². The number of H-pyrrole nitrogens is 1. The number of carbonyl (C=O) groups excluding carboxylic acids is 1. The smallest absolute Gasteiger partial charge is 0.259 e. The van der Waals surface area contributed by atoms with E-state index in [9.17, 15) is 9.59 Å². The first-order chi connectivity index (χ1) is 15.6. The van der Waals surface area contributed by atoms with Crippen molar-refractivity contribution in [3.05, 3.63) is 38.3 Å². The van der Waals surface area contributed by atoms with E-state index in [4.69, 9.17) is 9.51 Å². The Labute approximate surface area is 193 Å². The van der Waals surface area contributed by atoms with Crippen LogP contribution in [0.15, 0.2) is 9.32 Å². The highest BCUT2D eigenvalue weighted by atomic mass is 32.2. The number of fused-ring (bicyclic) bond motifs is 3. The number of nitrogens with one attached hydrogen (secondary N) is 1. The molecule has 9 nitrogen and oxygen atoms in total. The standard InChI is InChI=1S/C21H26N6O3S2/c1-13-22-17(25-30-13)11-31-12-18(28)27-8-6-26(7-9-27)10-16-23-20(29)19-14-4-2-3-5-15(14)32-21(19)24-16/h2-12H2,1H3,(H,23,24,29). The van der Waals surface area contributed by atoms with E-state index in [1.807, 2.05) is 4.90 Å². The zero-order valence-electron chi connectivity index (χ0n) is 18.1. The van der Waals surface area contributed by atoms with Gasteiger partial charge in [0.2, 0.25) is 11.8 Å². The molecule has 0 aromatic carbocycles. The number of aromatic amines is 1. The minimum atomic E-state index is -0.00738. The lowest BCUT2D eigenvalue weighted by Crippen LogP contribution is -2.49. The lowest BCUT2D eigenvalue weighted by atomic mass is 9.97. The second-order valence-corrected chi connectivity index (χ2v) is 10.4. The van der Waals surface area contributed by atoms with Gasteiger partial charge in [0, 0.05) is 38.0 Å². The molecule has 3 aromatic rings. The monoisotopic (exact) mass is 474 g/mol. The molecule has 1 N–H and O–H groups in total. The maximum atomic E-state index is 12.7. The van der Waals surface area contributed by atoms with Gasteiger partial charge in [-0.3, -0.25) is 14.5 Å². The molecule has 1 saturated heterocycles. The van der Waals surface area contributed by atoms with Crippen molar-refractivity contribution in [3.8, 4) is 0 Å². The predicted molar refractivity (Wildman–Crippen MR) is 124 cm³/mol. The number of hydrogen-bond donors (Lipinski definition) is 1. The molecule has 0 bridgehead atoms. The number of carbonyl (C=O) groups is 1. The van der Waals surface area contributed by atoms with Crippen LogP contribution in [0.25, 0.3) is 10.2 Å². The number of amides is 1. The van der Waals surface area contributed by atoms with Crippen LogP contribution in [0.3, 0.4) is 0 Å². The van der Waals surface area contributed by atoms with Crippen LogP contribution in [0.4, 0.5) is 0 Å². The Hall–Kier alpha value is -2.24. The summed E-state index contributed by atoms with van der Waals surface area (Å²) < 4.78 is 4.95. The van der Waals surface area contributed by atoms with E-state index in [1.165, 1.54) is 28.6 Å². The van der Waals surface area contributed by atoms with E-state index < -0.39 is 0 Å². The molecule has 0 saturated carbocycles. The number of thioether (sulfide) groups is 1. The van der Waals surface area contributed by atoms with Crippen molar-refractivity contribution in [1.29, 1.82) is 0 Å². The van der Waals surface area contributed by atoms with E-state index in [-0.39, 0.29) is 11.5 Å². The first-order valence-corrected chi connectivity index (χ1v) is 12.9. The molecule has 32 heavy (non-hydrogen) atoms. The third kappa shape index (κ3) is 4.60. The summed E-state index contributed by atoms with van der Waals surface area (Å²) in [6.45, 7) is 5.25. The van der Waals surface area contributed by atoms with Gasteiger partial charge in [-0.2, -0.15) is 4.98 Å². The number of rotatable bonds is 6. The molecule has 5 rings (SSSR count). The Bertz CT molecular complexity index is 1180. The van der Waals surface area contributed by atoms with Gasteiger partial charge in [-0.15, -0.1) is 23.1 Å². The van der Waals surface area contributed by atoms with Gasteiger partial charge < -0.3 is 14.4 Å². The largest absolute Gasteiger partial charge is 0.340 e. The molecule has 11 heteroatoms. The molecule has 1 fully saturated rings. The molecule has 0 atom stereocenters. The highest BCUT2D eigenvalue weighted by molar-refractivity contribution is 7.99. The van der Waals surface area contributed by atoms with Crippen LogP contribution in [0, 0.1) is 6.92 Å². The van der Waals surface area contributed by atoms with E-state index in [2.05, 4.69) is 20.0 Å². The molecule has 2 aliphatic rings. The van der Waals surface area contributed by atoms with Crippen molar-refractivity contribution >= 4 is 39.2 Å². The van der Waals surface area contributed by atoms with E-state index in [1.54, 1.807) is 18.3 Å². The van der Waals surface area contributed by atoms with E-state index >= 15 is 0 Å². The maximum absolute atomic E-state index is 12.7. The summed E-state index contributed by atoms with van der Waals surface area (Å²) >= 11 is 3.18. The van der Waals surface area contributed by atoms with Crippen molar-refractivity contribution in [1.82, 2.24) is 29.9 Å². The highest BCUT2D eigenvalue weighted by Crippen LogP contribution is 2.33. The highest BCUT2D eigenvalue weighted by Gasteiger charge is 2.23. The number of piperazine rings is 1. The first-order valence-electron chi connectivity index (χ1n) is 11.0. The third-order valence-electron chi connectivity index (χ3n) is 6.00. The minimum absolute atomic E-state index is 0.00738. The zero-order chi connectivity index (χ0) is 22.1. The second kappa shape index (κ2) is 9.32. The molecule has 1 aliphatic heterocycles. The Kier molecular flexibility index (Phi) is 6.29. The van der Waals surface area contributed by atoms with Crippen LogP contribution >= 0.6 is 23.1 Å². The van der Waals surface area contributed by atoms with Crippen molar-refractivity contribution < 1.29 is 9.32 Å². The zero-order valence-corrected chi connectivity index (χ0v) is 19.7. The average Bonchev–Trinajstić information content (AvgIpc) is 3.37. The topological polar surface area (TPSA) is 108 Å². The van der Waals surface area contributed by atoms with Crippen LogP contribution in [0.5, 0.6) is 0 Å². The van der Waals surface area contributed by atoms with Gasteiger partial charge in [0.25, 0.3) is 5.56 Å². The molecule has 0 radical (unpaired) electrons. The quantitative estimate of drug-likeness (QED) is 0.579. The number of nitrogens with zero attached hydrogens (tertiary/aromatic N) is 5. The lowest BCUT2D eigenvalue weighted by Gasteiger charge is -2.34. The minimum Gasteiger partial charge on any atom is -0.340 e. The average molecular weight is 475 g/mol. The second-order valence-electron chi connectivity index (χ2n) is 8.28.